The van der Waals surface area contributed by atoms with Crippen molar-refractivity contribution in [2.24, 2.45) is 0 Å². The largest absolute Gasteiger partial charge is 0.444 e. The molecule has 0 spiro atoms. The van der Waals surface area contributed by atoms with Gasteiger partial charge in [0, 0.05) is 50.3 Å². The molecule has 1 aliphatic heterocycles. The summed E-state index contributed by atoms with van der Waals surface area (Å²) >= 11 is 0. The molecule has 0 unspecified atom stereocenters. The number of carbonyl (C=O) groups excluding carboxylic acids is 1. The van der Waals surface area contributed by atoms with Crippen LogP contribution in [0.15, 0.2) is 48.7 Å². The number of ether oxygens (including phenoxy) is 3. The summed E-state index contributed by atoms with van der Waals surface area (Å²) in [5.74, 6) is 0. The maximum absolute atomic E-state index is 12.7. The molecule has 40 heavy (non-hydrogen) atoms. The second-order valence-electron chi connectivity index (χ2n) is 13.5. The average Bonchev–Trinajstić information content (AvgIpc) is 3.29. The van der Waals surface area contributed by atoms with Gasteiger partial charge in [0.2, 0.25) is 0 Å². The second-order valence-corrected chi connectivity index (χ2v) is 19.1. The summed E-state index contributed by atoms with van der Waals surface area (Å²) in [5, 5.41) is 5.96. The fourth-order valence-corrected chi connectivity index (χ4v) is 6.00. The van der Waals surface area contributed by atoms with E-state index in [0.29, 0.717) is 33.0 Å². The van der Waals surface area contributed by atoms with E-state index >= 15 is 0 Å². The Bertz CT molecular complexity index is 1270. The highest BCUT2D eigenvalue weighted by Gasteiger charge is 2.38. The minimum atomic E-state index is -1.12. The maximum Gasteiger partial charge on any atom is 0.410 e. The molecule has 8 heteroatoms. The van der Waals surface area contributed by atoms with Gasteiger partial charge < -0.3 is 19.1 Å². The molecule has 7 nitrogen and oxygen atoms in total. The molecule has 1 fully saturated rings. The number of rotatable bonds is 10. The SMILES string of the molecule is Cc1cc(COCC2(c3ccccc3)CCN(C(=O)OC(C)(C)C)CC2)c2nn(COCC[Si](C)(C)C)cc2c1. The van der Waals surface area contributed by atoms with E-state index in [4.69, 9.17) is 19.3 Å². The standard InChI is InChI=1S/C32H47N3O4Si/c1-25-19-26-21-35(24-37-17-18-40(5,6)7)33-29(26)27(20-25)22-38-23-32(28-11-9-8-10-12-28)13-15-34(16-14-32)30(36)39-31(2,3)4/h8-12,19-21H,13-18,22-24H2,1-7H3. The number of hydrogen-bond acceptors (Lipinski definition) is 5. The highest BCUT2D eigenvalue weighted by Crippen LogP contribution is 2.37. The predicted octanol–water partition coefficient (Wildman–Crippen LogP) is 7.14. The molecule has 0 atom stereocenters. The molecule has 0 saturated carbocycles. The number of piperidine rings is 1. The summed E-state index contributed by atoms with van der Waals surface area (Å²) < 4.78 is 20.0. The van der Waals surface area contributed by atoms with Crippen LogP contribution in [0.2, 0.25) is 25.7 Å². The van der Waals surface area contributed by atoms with Crippen LogP contribution in [0.3, 0.4) is 0 Å². The lowest BCUT2D eigenvalue weighted by Crippen LogP contribution is -2.48. The predicted molar refractivity (Wildman–Crippen MR) is 163 cm³/mol. The molecule has 2 heterocycles. The van der Waals surface area contributed by atoms with E-state index in [9.17, 15) is 4.79 Å². The number of hydrogen-bond donors (Lipinski definition) is 0. The highest BCUT2D eigenvalue weighted by atomic mass is 28.3. The van der Waals surface area contributed by atoms with Crippen molar-refractivity contribution in [2.45, 2.75) is 90.6 Å². The van der Waals surface area contributed by atoms with Crippen molar-refractivity contribution < 1.29 is 19.0 Å². The first kappa shape index (κ1) is 30.3. The lowest BCUT2D eigenvalue weighted by molar-refractivity contribution is 0.00342. The zero-order chi connectivity index (χ0) is 29.0. The van der Waals surface area contributed by atoms with Crippen molar-refractivity contribution in [3.8, 4) is 0 Å². The molecule has 1 aromatic heterocycles. The number of fused-ring (bicyclic) bond motifs is 1. The first-order valence-corrected chi connectivity index (χ1v) is 18.2. The third-order valence-corrected chi connectivity index (χ3v) is 9.20. The maximum atomic E-state index is 12.7. The molecule has 1 aliphatic rings. The monoisotopic (exact) mass is 565 g/mol. The zero-order valence-electron chi connectivity index (χ0n) is 25.5. The van der Waals surface area contributed by atoms with E-state index in [0.717, 1.165) is 42.0 Å². The molecule has 218 valence electrons. The summed E-state index contributed by atoms with van der Waals surface area (Å²) in [7, 11) is -1.12. The number of nitrogens with zero attached hydrogens (tertiary/aromatic N) is 3. The van der Waals surface area contributed by atoms with Gasteiger partial charge in [-0.3, -0.25) is 0 Å². The van der Waals surface area contributed by atoms with Gasteiger partial charge in [0.1, 0.15) is 12.3 Å². The summed E-state index contributed by atoms with van der Waals surface area (Å²) in [4.78, 5) is 14.5. The molecule has 0 bridgehead atoms. The van der Waals surface area contributed by atoms with Crippen molar-refractivity contribution in [3.05, 3.63) is 65.4 Å². The average molecular weight is 566 g/mol. The molecule has 1 saturated heterocycles. The Balaban J connectivity index is 1.43. The van der Waals surface area contributed by atoms with E-state index < -0.39 is 13.7 Å². The number of amides is 1. The van der Waals surface area contributed by atoms with Crippen LogP contribution in [-0.2, 0) is 33.0 Å². The summed E-state index contributed by atoms with van der Waals surface area (Å²) in [6, 6.07) is 16.1. The van der Waals surface area contributed by atoms with Gasteiger partial charge >= 0.3 is 6.09 Å². The van der Waals surface area contributed by atoms with Gasteiger partial charge in [0.05, 0.1) is 18.7 Å². The highest BCUT2D eigenvalue weighted by molar-refractivity contribution is 6.76. The van der Waals surface area contributed by atoms with Crippen LogP contribution in [0.25, 0.3) is 10.9 Å². The van der Waals surface area contributed by atoms with E-state index in [-0.39, 0.29) is 11.5 Å². The van der Waals surface area contributed by atoms with Gasteiger partial charge in [-0.1, -0.05) is 56.0 Å². The van der Waals surface area contributed by atoms with Crippen molar-refractivity contribution in [2.75, 3.05) is 26.3 Å². The number of carbonyl (C=O) groups is 1. The van der Waals surface area contributed by atoms with Gasteiger partial charge in [0.25, 0.3) is 0 Å². The molecule has 0 aliphatic carbocycles. The molecule has 0 N–H and O–H groups in total. The van der Waals surface area contributed by atoms with Crippen LogP contribution in [0.4, 0.5) is 4.79 Å². The number of likely N-dealkylation sites (tertiary alicyclic amines) is 1. The van der Waals surface area contributed by atoms with Crippen molar-refractivity contribution in [1.82, 2.24) is 14.7 Å². The molecular formula is C32H47N3O4Si. The first-order chi connectivity index (χ1) is 18.8. The molecule has 2 aromatic carbocycles. The molecule has 1 amide bonds. The molecular weight excluding hydrogens is 518 g/mol. The Kier molecular flexibility index (Phi) is 9.43. The van der Waals surface area contributed by atoms with E-state index in [1.807, 2.05) is 36.4 Å². The van der Waals surface area contributed by atoms with Gasteiger partial charge in [-0.05, 0) is 63.8 Å². The Morgan fingerprint density at radius 3 is 2.40 bits per heavy atom. The Labute approximate surface area is 240 Å². The normalized spacial score (nSPS) is 15.9. The number of benzene rings is 2. The Hall–Kier alpha value is -2.68. The molecule has 3 aromatic rings. The van der Waals surface area contributed by atoms with E-state index in [2.05, 4.69) is 69.2 Å². The molecule has 0 radical (unpaired) electrons. The third kappa shape index (κ3) is 8.18. The molecule has 4 rings (SSSR count). The fraction of sp³-hybridized carbons (Fsp3) is 0.562. The van der Waals surface area contributed by atoms with Crippen LogP contribution >= 0.6 is 0 Å². The fourth-order valence-electron chi connectivity index (χ4n) is 5.24. The summed E-state index contributed by atoms with van der Waals surface area (Å²) in [5.41, 5.74) is 3.84. The smallest absolute Gasteiger partial charge is 0.410 e. The topological polar surface area (TPSA) is 65.8 Å². The van der Waals surface area contributed by atoms with Crippen LogP contribution in [0, 0.1) is 6.92 Å². The van der Waals surface area contributed by atoms with E-state index in [1.54, 1.807) is 0 Å². The van der Waals surface area contributed by atoms with Gasteiger partial charge in [-0.2, -0.15) is 5.10 Å². The minimum absolute atomic E-state index is 0.160. The van der Waals surface area contributed by atoms with Crippen LogP contribution in [0.1, 0.15) is 50.3 Å². The quantitative estimate of drug-likeness (QED) is 0.193. The van der Waals surface area contributed by atoms with Crippen molar-refractivity contribution in [3.63, 3.8) is 0 Å². The lowest BCUT2D eigenvalue weighted by Gasteiger charge is -2.42. The van der Waals surface area contributed by atoms with Gasteiger partial charge in [-0.15, -0.1) is 0 Å². The lowest BCUT2D eigenvalue weighted by atomic mass is 9.73. The Morgan fingerprint density at radius 2 is 1.75 bits per heavy atom. The summed E-state index contributed by atoms with van der Waals surface area (Å²) in [6.07, 6.45) is 3.47. The minimum Gasteiger partial charge on any atom is -0.444 e. The zero-order valence-corrected chi connectivity index (χ0v) is 26.5. The van der Waals surface area contributed by atoms with Crippen LogP contribution in [-0.4, -0.2) is 60.8 Å². The van der Waals surface area contributed by atoms with E-state index in [1.165, 1.54) is 11.1 Å². The summed E-state index contributed by atoms with van der Waals surface area (Å²) in [6.45, 7) is 18.5. The number of aryl methyl sites for hydroxylation is 1. The Morgan fingerprint density at radius 1 is 1.05 bits per heavy atom. The third-order valence-electron chi connectivity index (χ3n) is 7.49. The van der Waals surface area contributed by atoms with Crippen LogP contribution < -0.4 is 0 Å². The van der Waals surface area contributed by atoms with Crippen molar-refractivity contribution in [1.29, 1.82) is 0 Å². The second kappa shape index (κ2) is 12.5. The van der Waals surface area contributed by atoms with Gasteiger partial charge in [0.15, 0.2) is 0 Å². The van der Waals surface area contributed by atoms with Crippen LogP contribution in [0.5, 0.6) is 0 Å². The number of aromatic nitrogens is 2. The van der Waals surface area contributed by atoms with Gasteiger partial charge in [-0.25, -0.2) is 9.48 Å². The van der Waals surface area contributed by atoms with Crippen molar-refractivity contribution >= 4 is 25.1 Å². The first-order valence-electron chi connectivity index (χ1n) is 14.5.